The van der Waals surface area contributed by atoms with Crippen LogP contribution < -0.4 is 4.90 Å². The van der Waals surface area contributed by atoms with E-state index in [4.69, 9.17) is 14.4 Å². The van der Waals surface area contributed by atoms with Gasteiger partial charge in [-0.1, -0.05) is 91.0 Å². The van der Waals surface area contributed by atoms with Gasteiger partial charge in [0, 0.05) is 37.4 Å². The van der Waals surface area contributed by atoms with Crippen molar-refractivity contribution in [2.24, 2.45) is 0 Å². The minimum atomic E-state index is 0.659. The Morgan fingerprint density at radius 1 is 0.532 bits per heavy atom. The Labute approximate surface area is 272 Å². The van der Waals surface area contributed by atoms with Gasteiger partial charge in [0.25, 0.3) is 0 Å². The van der Waals surface area contributed by atoms with Crippen molar-refractivity contribution in [2.75, 3.05) is 4.90 Å². The maximum atomic E-state index is 6.20. The number of rotatable bonds is 2. The molecule has 4 heterocycles. The molecule has 1 aliphatic heterocycles. The Bertz CT molecular complexity index is 2930. The van der Waals surface area contributed by atoms with Crippen LogP contribution in [0.25, 0.3) is 86.2 Å². The highest BCUT2D eigenvalue weighted by molar-refractivity contribution is 7.26. The molecule has 0 aliphatic carbocycles. The summed E-state index contributed by atoms with van der Waals surface area (Å²) in [6.45, 7) is 0. The molecule has 0 bridgehead atoms. The molecule has 4 nitrogen and oxygen atoms in total. The molecule has 0 N–H and O–H groups in total. The van der Waals surface area contributed by atoms with Gasteiger partial charge in [-0.2, -0.15) is 0 Å². The fourth-order valence-corrected chi connectivity index (χ4v) is 8.61. The van der Waals surface area contributed by atoms with Crippen molar-refractivity contribution in [1.82, 2.24) is 9.97 Å². The molecule has 0 saturated heterocycles. The smallest absolute Gasteiger partial charge is 0.235 e. The van der Waals surface area contributed by atoms with E-state index in [1.165, 1.54) is 37.4 Å². The fourth-order valence-electron chi connectivity index (χ4n) is 7.45. The van der Waals surface area contributed by atoms with Crippen LogP contribution in [0.2, 0.25) is 0 Å². The molecule has 0 spiro atoms. The summed E-state index contributed by atoms with van der Waals surface area (Å²) in [6.07, 6.45) is 0. The second-order valence-electron chi connectivity index (χ2n) is 12.2. The third-order valence-electron chi connectivity index (χ3n) is 9.58. The molecule has 0 atom stereocenters. The predicted octanol–water partition coefficient (Wildman–Crippen LogP) is 12.2. The molecule has 0 radical (unpaired) electrons. The number of furan rings is 1. The van der Waals surface area contributed by atoms with Gasteiger partial charge in [0.05, 0.1) is 27.3 Å². The molecular weight excluding hydrogens is 595 g/mol. The van der Waals surface area contributed by atoms with Crippen LogP contribution in [-0.2, 0) is 0 Å². The SMILES string of the molecule is c1ccc2cc3c(cc2c1)-c1cccc2cccc(c12)N3c1nc(-c2ccc3oc4ccccc4c3c2)c2sc3ccccc3c2n1. The molecule has 218 valence electrons. The van der Waals surface area contributed by atoms with Crippen molar-refractivity contribution in [2.45, 2.75) is 0 Å². The third-order valence-corrected chi connectivity index (χ3v) is 10.7. The molecular formula is C42H23N3OS. The lowest BCUT2D eigenvalue weighted by molar-refractivity contribution is 0.669. The number of benzene rings is 7. The topological polar surface area (TPSA) is 42.2 Å². The zero-order valence-corrected chi connectivity index (χ0v) is 25.8. The minimum Gasteiger partial charge on any atom is -0.456 e. The van der Waals surface area contributed by atoms with Gasteiger partial charge in [0.2, 0.25) is 5.95 Å². The standard InChI is InChI=1S/C42H23N3OS/c1-2-10-26-23-34-31(21-25(26)9-1)29-15-7-11-24-12-8-16-33(38(24)29)45(34)42-43-39(41-40(44-42)30-14-4-6-18-37(30)47-41)27-19-20-36-32(22-27)28-13-3-5-17-35(28)46-36/h1-23H. The molecule has 10 aromatic rings. The van der Waals surface area contributed by atoms with Gasteiger partial charge in [-0.3, -0.25) is 4.90 Å². The number of hydrogen-bond acceptors (Lipinski definition) is 5. The van der Waals surface area contributed by atoms with Crippen LogP contribution in [0.4, 0.5) is 17.3 Å². The Morgan fingerprint density at radius 3 is 2.19 bits per heavy atom. The van der Waals surface area contributed by atoms with Crippen molar-refractivity contribution < 1.29 is 4.42 Å². The van der Waals surface area contributed by atoms with Crippen molar-refractivity contribution >= 4 is 92.4 Å². The van der Waals surface area contributed by atoms with Gasteiger partial charge in [0.1, 0.15) is 11.2 Å². The molecule has 7 aromatic carbocycles. The highest BCUT2D eigenvalue weighted by atomic mass is 32.1. The lowest BCUT2D eigenvalue weighted by atomic mass is 9.90. The molecule has 0 saturated carbocycles. The van der Waals surface area contributed by atoms with E-state index < -0.39 is 0 Å². The Balaban J connectivity index is 1.26. The first-order chi connectivity index (χ1) is 23.3. The summed E-state index contributed by atoms with van der Waals surface area (Å²) in [5.41, 5.74) is 9.27. The van der Waals surface area contributed by atoms with Gasteiger partial charge < -0.3 is 4.42 Å². The Hall–Kier alpha value is -6.04. The van der Waals surface area contributed by atoms with Crippen LogP contribution in [0, 0.1) is 0 Å². The zero-order chi connectivity index (χ0) is 30.6. The van der Waals surface area contributed by atoms with Crippen LogP contribution in [0.5, 0.6) is 0 Å². The maximum absolute atomic E-state index is 6.20. The molecule has 11 rings (SSSR count). The third kappa shape index (κ3) is 3.52. The molecule has 0 fully saturated rings. The van der Waals surface area contributed by atoms with Crippen molar-refractivity contribution in [3.05, 3.63) is 140 Å². The van der Waals surface area contributed by atoms with Gasteiger partial charge >= 0.3 is 0 Å². The zero-order valence-electron chi connectivity index (χ0n) is 24.9. The van der Waals surface area contributed by atoms with Crippen molar-refractivity contribution in [1.29, 1.82) is 0 Å². The van der Waals surface area contributed by atoms with E-state index in [0.29, 0.717) is 5.95 Å². The van der Waals surface area contributed by atoms with Gasteiger partial charge in [-0.15, -0.1) is 11.3 Å². The number of thiophene rings is 1. The average Bonchev–Trinajstić information content (AvgIpc) is 3.69. The van der Waals surface area contributed by atoms with E-state index in [1.807, 2.05) is 12.1 Å². The van der Waals surface area contributed by atoms with Crippen molar-refractivity contribution in [3.8, 4) is 22.4 Å². The first-order valence-corrected chi connectivity index (χ1v) is 16.6. The Morgan fingerprint density at radius 2 is 1.28 bits per heavy atom. The fraction of sp³-hybridized carbons (Fsp3) is 0. The number of fused-ring (bicyclic) bond motifs is 9. The highest BCUT2D eigenvalue weighted by Crippen LogP contribution is 2.52. The summed E-state index contributed by atoms with van der Waals surface area (Å²) in [5.74, 6) is 0.659. The van der Waals surface area contributed by atoms with E-state index in [-0.39, 0.29) is 0 Å². The molecule has 47 heavy (non-hydrogen) atoms. The molecule has 0 amide bonds. The molecule has 3 aromatic heterocycles. The summed E-state index contributed by atoms with van der Waals surface area (Å²) < 4.78 is 8.48. The summed E-state index contributed by atoms with van der Waals surface area (Å²) >= 11 is 1.75. The number of nitrogens with zero attached hydrogens (tertiary/aromatic N) is 3. The summed E-state index contributed by atoms with van der Waals surface area (Å²) in [4.78, 5) is 13.2. The summed E-state index contributed by atoms with van der Waals surface area (Å²) in [7, 11) is 0. The average molecular weight is 618 g/mol. The molecule has 5 heteroatoms. The Kier molecular flexibility index (Phi) is 4.96. The lowest BCUT2D eigenvalue weighted by Gasteiger charge is -2.32. The van der Waals surface area contributed by atoms with E-state index in [0.717, 1.165) is 60.2 Å². The van der Waals surface area contributed by atoms with Gasteiger partial charge in [-0.05, 0) is 70.3 Å². The van der Waals surface area contributed by atoms with Gasteiger partial charge in [0.15, 0.2) is 0 Å². The molecule has 0 unspecified atom stereocenters. The van der Waals surface area contributed by atoms with Crippen LogP contribution in [0.1, 0.15) is 0 Å². The van der Waals surface area contributed by atoms with Crippen LogP contribution in [-0.4, -0.2) is 9.97 Å². The monoisotopic (exact) mass is 617 g/mol. The van der Waals surface area contributed by atoms with E-state index in [2.05, 4.69) is 132 Å². The lowest BCUT2D eigenvalue weighted by Crippen LogP contribution is -2.18. The second-order valence-corrected chi connectivity index (χ2v) is 13.2. The molecule has 1 aliphatic rings. The minimum absolute atomic E-state index is 0.659. The number of aromatic nitrogens is 2. The van der Waals surface area contributed by atoms with Gasteiger partial charge in [-0.25, -0.2) is 9.97 Å². The summed E-state index contributed by atoms with van der Waals surface area (Å²) in [6, 6.07) is 49.5. The number of anilines is 3. The van der Waals surface area contributed by atoms with Crippen LogP contribution in [0.15, 0.2) is 144 Å². The van der Waals surface area contributed by atoms with Crippen LogP contribution >= 0.6 is 11.3 Å². The summed E-state index contributed by atoms with van der Waals surface area (Å²) in [5, 5.41) is 8.13. The number of para-hydroxylation sites is 1. The quantitative estimate of drug-likeness (QED) is 0.194. The first kappa shape index (κ1) is 25.2. The number of hydrogen-bond donors (Lipinski definition) is 0. The second kappa shape index (κ2) is 9.25. The van der Waals surface area contributed by atoms with E-state index >= 15 is 0 Å². The van der Waals surface area contributed by atoms with E-state index in [1.54, 1.807) is 11.3 Å². The maximum Gasteiger partial charge on any atom is 0.235 e. The van der Waals surface area contributed by atoms with E-state index in [9.17, 15) is 0 Å². The van der Waals surface area contributed by atoms with Crippen LogP contribution in [0.3, 0.4) is 0 Å². The largest absolute Gasteiger partial charge is 0.456 e. The van der Waals surface area contributed by atoms with Crippen molar-refractivity contribution in [3.63, 3.8) is 0 Å². The first-order valence-electron chi connectivity index (χ1n) is 15.7. The normalized spacial score (nSPS) is 12.6. The highest BCUT2D eigenvalue weighted by Gasteiger charge is 2.29. The predicted molar refractivity (Wildman–Crippen MR) is 196 cm³/mol.